The van der Waals surface area contributed by atoms with Gasteiger partial charge in [0.25, 0.3) is 0 Å². The zero-order chi connectivity index (χ0) is 17.6. The Kier molecular flexibility index (Phi) is 5.43. The zero-order valence-corrected chi connectivity index (χ0v) is 14.8. The number of nitrogens with one attached hydrogen (secondary N) is 1. The lowest BCUT2D eigenvalue weighted by Crippen LogP contribution is -2.26. The normalized spacial score (nSPS) is 11.2. The number of hydrogen-bond donors (Lipinski definition) is 1. The SMILES string of the molecule is CC(C)c1ccc(CCC(=O)NCCc2nnc3ccccn23)cc1. The van der Waals surface area contributed by atoms with Crippen LogP contribution in [0.4, 0.5) is 0 Å². The molecule has 1 aromatic carbocycles. The number of amides is 1. The maximum absolute atomic E-state index is 12.0. The van der Waals surface area contributed by atoms with Crippen molar-refractivity contribution in [2.75, 3.05) is 6.54 Å². The van der Waals surface area contributed by atoms with Crippen LogP contribution in [-0.4, -0.2) is 27.0 Å². The van der Waals surface area contributed by atoms with Crippen molar-refractivity contribution >= 4 is 11.6 Å². The molecule has 1 amide bonds. The molecular weight excluding hydrogens is 312 g/mol. The largest absolute Gasteiger partial charge is 0.356 e. The molecule has 130 valence electrons. The van der Waals surface area contributed by atoms with Crippen LogP contribution in [0.5, 0.6) is 0 Å². The summed E-state index contributed by atoms with van der Waals surface area (Å²) < 4.78 is 1.95. The summed E-state index contributed by atoms with van der Waals surface area (Å²) in [5.41, 5.74) is 3.35. The third kappa shape index (κ3) is 4.44. The quantitative estimate of drug-likeness (QED) is 0.721. The van der Waals surface area contributed by atoms with Crippen molar-refractivity contribution in [3.8, 4) is 0 Å². The molecule has 1 N–H and O–H groups in total. The highest BCUT2D eigenvalue weighted by atomic mass is 16.1. The van der Waals surface area contributed by atoms with Crippen LogP contribution in [0.15, 0.2) is 48.7 Å². The molecule has 0 saturated carbocycles. The molecule has 0 aliphatic carbocycles. The molecule has 0 unspecified atom stereocenters. The summed E-state index contributed by atoms with van der Waals surface area (Å²) in [6, 6.07) is 14.3. The Balaban J connectivity index is 1.43. The number of fused-ring (bicyclic) bond motifs is 1. The Morgan fingerprint density at radius 1 is 1.08 bits per heavy atom. The van der Waals surface area contributed by atoms with E-state index >= 15 is 0 Å². The van der Waals surface area contributed by atoms with Crippen LogP contribution < -0.4 is 5.32 Å². The second kappa shape index (κ2) is 7.92. The lowest BCUT2D eigenvalue weighted by atomic mass is 10.0. The molecule has 5 heteroatoms. The second-order valence-corrected chi connectivity index (χ2v) is 6.54. The topological polar surface area (TPSA) is 59.3 Å². The van der Waals surface area contributed by atoms with E-state index in [1.807, 2.05) is 28.8 Å². The minimum atomic E-state index is 0.0711. The van der Waals surface area contributed by atoms with Gasteiger partial charge in [-0.3, -0.25) is 9.20 Å². The average Bonchev–Trinajstić information content (AvgIpc) is 3.04. The molecule has 3 rings (SSSR count). The van der Waals surface area contributed by atoms with Crippen molar-refractivity contribution in [3.05, 3.63) is 65.6 Å². The summed E-state index contributed by atoms with van der Waals surface area (Å²) in [6.07, 6.45) is 3.87. The Hall–Kier alpha value is -2.69. The predicted octanol–water partition coefficient (Wildman–Crippen LogP) is 3.14. The van der Waals surface area contributed by atoms with Gasteiger partial charge in [-0.25, -0.2) is 0 Å². The first kappa shape index (κ1) is 17.1. The molecule has 2 heterocycles. The second-order valence-electron chi connectivity index (χ2n) is 6.54. The molecule has 0 aliphatic heterocycles. The van der Waals surface area contributed by atoms with Gasteiger partial charge in [0.15, 0.2) is 5.65 Å². The number of nitrogens with zero attached hydrogens (tertiary/aromatic N) is 3. The lowest BCUT2D eigenvalue weighted by molar-refractivity contribution is -0.121. The Labute approximate surface area is 148 Å². The van der Waals surface area contributed by atoms with Gasteiger partial charge in [-0.05, 0) is 35.6 Å². The molecule has 0 bridgehead atoms. The van der Waals surface area contributed by atoms with Crippen molar-refractivity contribution in [3.63, 3.8) is 0 Å². The van der Waals surface area contributed by atoms with Crippen molar-refractivity contribution in [1.82, 2.24) is 19.9 Å². The van der Waals surface area contributed by atoms with Crippen LogP contribution in [0.2, 0.25) is 0 Å². The highest BCUT2D eigenvalue weighted by molar-refractivity contribution is 5.76. The fraction of sp³-hybridized carbons (Fsp3) is 0.350. The zero-order valence-electron chi connectivity index (χ0n) is 14.8. The minimum Gasteiger partial charge on any atom is -0.356 e. The van der Waals surface area contributed by atoms with Gasteiger partial charge in [0.1, 0.15) is 5.82 Å². The van der Waals surface area contributed by atoms with Crippen LogP contribution in [-0.2, 0) is 17.6 Å². The van der Waals surface area contributed by atoms with E-state index in [0.29, 0.717) is 25.3 Å². The van der Waals surface area contributed by atoms with Crippen molar-refractivity contribution in [2.24, 2.45) is 0 Å². The maximum Gasteiger partial charge on any atom is 0.220 e. The summed E-state index contributed by atoms with van der Waals surface area (Å²) in [4.78, 5) is 12.0. The molecule has 0 aliphatic rings. The number of hydrogen-bond acceptors (Lipinski definition) is 3. The number of carbonyl (C=O) groups is 1. The van der Waals surface area contributed by atoms with Gasteiger partial charge in [-0.15, -0.1) is 10.2 Å². The number of aromatic nitrogens is 3. The van der Waals surface area contributed by atoms with Gasteiger partial charge < -0.3 is 5.32 Å². The first-order valence-electron chi connectivity index (χ1n) is 8.77. The Morgan fingerprint density at radius 2 is 1.88 bits per heavy atom. The highest BCUT2D eigenvalue weighted by Crippen LogP contribution is 2.15. The van der Waals surface area contributed by atoms with Crippen LogP contribution >= 0.6 is 0 Å². The van der Waals surface area contributed by atoms with E-state index in [0.717, 1.165) is 17.9 Å². The summed E-state index contributed by atoms with van der Waals surface area (Å²) in [5, 5.41) is 11.2. The maximum atomic E-state index is 12.0. The van der Waals surface area contributed by atoms with E-state index in [9.17, 15) is 4.79 Å². The molecule has 0 fully saturated rings. The summed E-state index contributed by atoms with van der Waals surface area (Å²) >= 11 is 0. The van der Waals surface area contributed by atoms with Gasteiger partial charge in [0.2, 0.25) is 5.91 Å². The smallest absolute Gasteiger partial charge is 0.220 e. The van der Waals surface area contributed by atoms with Crippen LogP contribution in [0, 0.1) is 0 Å². The molecule has 0 saturated heterocycles. The fourth-order valence-electron chi connectivity index (χ4n) is 2.79. The molecule has 0 radical (unpaired) electrons. The molecule has 25 heavy (non-hydrogen) atoms. The van der Waals surface area contributed by atoms with E-state index in [1.54, 1.807) is 0 Å². The van der Waals surface area contributed by atoms with Gasteiger partial charge in [-0.2, -0.15) is 0 Å². The third-order valence-electron chi connectivity index (χ3n) is 4.34. The van der Waals surface area contributed by atoms with E-state index in [-0.39, 0.29) is 5.91 Å². The van der Waals surface area contributed by atoms with Crippen molar-refractivity contribution < 1.29 is 4.79 Å². The first-order valence-corrected chi connectivity index (χ1v) is 8.77. The lowest BCUT2D eigenvalue weighted by Gasteiger charge is -2.07. The minimum absolute atomic E-state index is 0.0711. The number of pyridine rings is 1. The number of aryl methyl sites for hydroxylation is 1. The van der Waals surface area contributed by atoms with E-state index < -0.39 is 0 Å². The van der Waals surface area contributed by atoms with E-state index in [4.69, 9.17) is 0 Å². The van der Waals surface area contributed by atoms with Gasteiger partial charge >= 0.3 is 0 Å². The fourth-order valence-corrected chi connectivity index (χ4v) is 2.79. The van der Waals surface area contributed by atoms with E-state index in [2.05, 4.69) is 53.6 Å². The van der Waals surface area contributed by atoms with Gasteiger partial charge in [0.05, 0.1) is 0 Å². The molecule has 5 nitrogen and oxygen atoms in total. The summed E-state index contributed by atoms with van der Waals surface area (Å²) in [7, 11) is 0. The standard InChI is InChI=1S/C20H24N4O/c1-15(2)17-9-6-16(7-10-17)8-11-20(25)21-13-12-19-23-22-18-5-3-4-14-24(18)19/h3-7,9-10,14-15H,8,11-13H2,1-2H3,(H,21,25). The third-order valence-corrected chi connectivity index (χ3v) is 4.34. The van der Waals surface area contributed by atoms with Gasteiger partial charge in [0, 0.05) is 25.6 Å². The van der Waals surface area contributed by atoms with Crippen molar-refractivity contribution in [2.45, 2.75) is 39.0 Å². The predicted molar refractivity (Wildman–Crippen MR) is 98.6 cm³/mol. The average molecular weight is 336 g/mol. The van der Waals surface area contributed by atoms with E-state index in [1.165, 1.54) is 11.1 Å². The highest BCUT2D eigenvalue weighted by Gasteiger charge is 2.06. The molecule has 2 aromatic heterocycles. The van der Waals surface area contributed by atoms with Crippen LogP contribution in [0.25, 0.3) is 5.65 Å². The van der Waals surface area contributed by atoms with Crippen molar-refractivity contribution in [1.29, 1.82) is 0 Å². The summed E-state index contributed by atoms with van der Waals surface area (Å²) in [6.45, 7) is 4.93. The molecule has 0 spiro atoms. The Bertz CT molecular complexity index is 836. The summed E-state index contributed by atoms with van der Waals surface area (Å²) in [5.74, 6) is 1.47. The number of benzene rings is 1. The molecule has 0 atom stereocenters. The molecule has 3 aromatic rings. The van der Waals surface area contributed by atoms with Gasteiger partial charge in [-0.1, -0.05) is 44.2 Å². The Morgan fingerprint density at radius 3 is 2.64 bits per heavy atom. The monoisotopic (exact) mass is 336 g/mol. The number of carbonyl (C=O) groups excluding carboxylic acids is 1. The van der Waals surface area contributed by atoms with Crippen LogP contribution in [0.1, 0.15) is 43.1 Å². The molecular formula is C20H24N4O. The number of rotatable bonds is 7. The first-order chi connectivity index (χ1) is 12.1. The van der Waals surface area contributed by atoms with Crippen LogP contribution in [0.3, 0.4) is 0 Å².